The van der Waals surface area contributed by atoms with Crippen LogP contribution in [0.4, 0.5) is 4.39 Å². The smallest absolute Gasteiger partial charge is 0.311 e. The van der Waals surface area contributed by atoms with E-state index in [1.165, 1.54) is 200 Å². The number of hydrogen-bond donors (Lipinski definition) is 4. The zero-order valence-corrected chi connectivity index (χ0v) is 84.4. The van der Waals surface area contributed by atoms with Crippen molar-refractivity contribution < 1.29 is 60.1 Å². The summed E-state index contributed by atoms with van der Waals surface area (Å²) in [7, 11) is -4.24. The van der Waals surface area contributed by atoms with Crippen LogP contribution in [0.3, 0.4) is 0 Å². The summed E-state index contributed by atoms with van der Waals surface area (Å²) in [5.74, 6) is 6.69. The SMILES string of the molecule is CC(C)CC12CCC(C#N)(CC1)C2.CC(C)CC12CCC(C(=O)NS(C)(=O)=O)(CC1)CC2.CC(C)CC12CCC(C(=O)O)(CC1)C2.CC(C)CC12CCC(CO)(CC1)CC2.CC(C)CC12CCC(F)(CC1)CC2.CC(C)CC1CCCCCC1.COC(=O)C12CCC(CC(C)C)(CC1)C2.COc1ccc(S(=O)(=O)NC(=O)C23CCC(CC(C)C)(CC2)CC3)cc1. The molecule has 0 aromatic heterocycles. The molecule has 15 nitrogen and oxygen atoms in total. The lowest BCUT2D eigenvalue weighted by Crippen LogP contribution is -2.51. The highest BCUT2D eigenvalue weighted by molar-refractivity contribution is 7.90. The fraction of sp³-hybridized carbons (Fsp3) is 0.897. The number of aliphatic hydroxyl groups is 1. The maximum Gasteiger partial charge on any atom is 0.311 e. The third kappa shape index (κ3) is 27.3. The number of methoxy groups -OCH3 is 2. The molecule has 19 aliphatic rings. The summed E-state index contributed by atoms with van der Waals surface area (Å²) in [6.45, 7) is 37.1. The molecular formula is C107H182FN3O12S2. The van der Waals surface area contributed by atoms with Gasteiger partial charge in [0.2, 0.25) is 21.8 Å². The van der Waals surface area contributed by atoms with Crippen LogP contribution in [0, 0.1) is 135 Å². The molecule has 18 heteroatoms. The highest BCUT2D eigenvalue weighted by Gasteiger charge is 2.61. The lowest BCUT2D eigenvalue weighted by Gasteiger charge is -2.53. The molecule has 0 atom stereocenters. The van der Waals surface area contributed by atoms with E-state index in [2.05, 4.69) is 126 Å². The fourth-order valence-corrected chi connectivity index (χ4v) is 31.3. The van der Waals surface area contributed by atoms with Gasteiger partial charge in [-0.15, -0.1) is 0 Å². The number of benzene rings is 1. The number of ether oxygens (including phenoxy) is 2. The van der Waals surface area contributed by atoms with E-state index in [-0.39, 0.29) is 38.9 Å². The molecule has 20 rings (SSSR count). The second-order valence-electron chi connectivity index (χ2n) is 49.6. The number of carboxylic acids is 1. The number of sulfonamides is 2. The first-order chi connectivity index (χ1) is 58.4. The lowest BCUT2D eigenvalue weighted by atomic mass is 9.52. The van der Waals surface area contributed by atoms with E-state index in [4.69, 9.17) is 14.7 Å². The zero-order chi connectivity index (χ0) is 92.2. The second kappa shape index (κ2) is 42.6. The summed E-state index contributed by atoms with van der Waals surface area (Å²) in [6, 6.07) is 8.65. The topological polar surface area (TPSA) is 243 Å². The van der Waals surface area contributed by atoms with Crippen molar-refractivity contribution in [2.75, 3.05) is 27.1 Å². The average Bonchev–Trinajstić information content (AvgIpc) is 1.68. The standard InChI is InChI=1S/C20H29NO4S.C14H25NO3S.C13H22O2.C13H24O.C12H21F.C12H19N.C12H20O2.C11H22/c1-15(2)14-19-8-11-20(12-9-19,13-10-19)18(22)21-26(23,24)17-6-4-16(25-3)5-7-17;1-11(2)10-13-4-7-14(8-5-13,9-6-13)12(16)15-19(3,17)18;1-10(2)8-12-4-6-13(9-12,7-5-12)11(14)15-3;1-11(2)9-12-3-6-13(10-14,7-4-12)8-5-12;1-10(2)9-11-3-6-12(13,7-4-11)8-5-11;1-10(2)7-11-3-5-12(8-11,9-13)6-4-11;1-9(2)7-11-3-5-12(8-11,6-4-11)10(13)14;1-10(2)9-11-7-5-3-4-6-8-11/h4-7,15H,8-14H2,1-3H3,(H,21,22);11H,4-10H2,1-3H3,(H,15,16);10H,4-9H2,1-3H3;11,14H,3-10H2,1-2H3;10H,3-9H2,1-2H3;10H,3-8H2,1-2H3;9H,3-8H2,1-2H3,(H,13,14);10-11H,3-9H2,1-2H3. The van der Waals surface area contributed by atoms with Crippen LogP contribution in [-0.2, 0) is 44.0 Å². The van der Waals surface area contributed by atoms with Gasteiger partial charge in [-0.1, -0.05) is 149 Å². The first-order valence-corrected chi connectivity index (χ1v) is 54.5. The van der Waals surface area contributed by atoms with Crippen molar-refractivity contribution in [3.8, 4) is 11.8 Å². The Labute approximate surface area is 762 Å². The van der Waals surface area contributed by atoms with Crippen molar-refractivity contribution in [2.45, 2.75) is 462 Å². The molecule has 716 valence electrons. The van der Waals surface area contributed by atoms with E-state index >= 15 is 0 Å². The van der Waals surface area contributed by atoms with Gasteiger partial charge in [-0.2, -0.15) is 5.26 Å². The van der Waals surface area contributed by atoms with E-state index in [0.29, 0.717) is 73.4 Å². The molecule has 19 aliphatic carbocycles. The van der Waals surface area contributed by atoms with Crippen LogP contribution in [0.5, 0.6) is 5.75 Å². The molecule has 0 unspecified atom stereocenters. The first kappa shape index (κ1) is 105. The van der Waals surface area contributed by atoms with Crippen LogP contribution in [0.15, 0.2) is 29.2 Å². The number of nitrogens with one attached hydrogen (secondary N) is 2. The Morgan fingerprint density at radius 1 is 0.408 bits per heavy atom. The predicted molar refractivity (Wildman–Crippen MR) is 506 cm³/mol. The van der Waals surface area contributed by atoms with Gasteiger partial charge in [-0.3, -0.25) is 23.9 Å². The van der Waals surface area contributed by atoms with Crippen LogP contribution in [0.1, 0.15) is 451 Å². The Morgan fingerprint density at radius 2 is 0.704 bits per heavy atom. The van der Waals surface area contributed by atoms with Crippen molar-refractivity contribution in [1.82, 2.24) is 9.44 Å². The number of carboxylic acid groups (broad SMARTS) is 1. The number of hydrogen-bond acceptors (Lipinski definition) is 12. The lowest BCUT2D eigenvalue weighted by molar-refractivity contribution is -0.152. The highest BCUT2D eigenvalue weighted by Crippen LogP contribution is 2.68. The van der Waals surface area contributed by atoms with Crippen LogP contribution in [0.2, 0.25) is 0 Å². The summed E-state index contributed by atoms with van der Waals surface area (Å²) < 4.78 is 76.0. The van der Waals surface area contributed by atoms with Gasteiger partial charge in [0.25, 0.3) is 10.0 Å². The maximum atomic E-state index is 13.8. The molecular weight excluding hydrogens is 1600 g/mol. The zero-order valence-electron chi connectivity index (χ0n) is 82.8. The number of fused-ring (bicyclic) bond motifs is 18. The van der Waals surface area contributed by atoms with Gasteiger partial charge in [0, 0.05) is 6.61 Å². The summed E-state index contributed by atoms with van der Waals surface area (Å²) >= 11 is 0. The summed E-state index contributed by atoms with van der Waals surface area (Å²) in [4.78, 5) is 48.2. The molecule has 4 N–H and O–H groups in total. The molecule has 0 aliphatic heterocycles. The number of esters is 1. The third-order valence-corrected chi connectivity index (χ3v) is 37.7. The number of halogens is 1. The molecule has 19 saturated carbocycles. The first-order valence-electron chi connectivity index (χ1n) is 51.2. The Kier molecular flexibility index (Phi) is 35.7. The largest absolute Gasteiger partial charge is 0.497 e. The monoisotopic (exact) mass is 1780 g/mol. The number of rotatable bonds is 25. The summed E-state index contributed by atoms with van der Waals surface area (Å²) in [6.07, 6.45) is 62.8. The molecule has 1 aromatic rings. The molecule has 0 radical (unpaired) electrons. The van der Waals surface area contributed by atoms with E-state index in [0.717, 1.165) is 209 Å². The van der Waals surface area contributed by atoms with Crippen molar-refractivity contribution in [1.29, 1.82) is 5.26 Å². The number of alkyl halides is 1. The predicted octanol–water partition coefficient (Wildman–Crippen LogP) is 27.5. The number of aliphatic hydroxyl groups excluding tert-OH is 1. The molecule has 125 heavy (non-hydrogen) atoms. The third-order valence-electron chi connectivity index (χ3n) is 35.8. The van der Waals surface area contributed by atoms with Gasteiger partial charge in [0.05, 0.1) is 58.5 Å². The van der Waals surface area contributed by atoms with Gasteiger partial charge in [-0.05, 0) is 423 Å². The second-order valence-corrected chi connectivity index (χ2v) is 53.1. The van der Waals surface area contributed by atoms with Gasteiger partial charge >= 0.3 is 11.9 Å². The molecule has 1 aromatic carbocycles. The summed E-state index contributed by atoms with van der Waals surface area (Å²) in [5.41, 5.74) is 1.79. The number of aliphatic carboxylic acids is 1. The highest BCUT2D eigenvalue weighted by atomic mass is 32.2. The van der Waals surface area contributed by atoms with Crippen molar-refractivity contribution in [2.24, 2.45) is 124 Å². The molecule has 19 fully saturated rings. The number of nitriles is 1. The number of carbonyl (C=O) groups is 4. The van der Waals surface area contributed by atoms with E-state index in [1.807, 2.05) is 0 Å². The van der Waals surface area contributed by atoms with E-state index in [1.54, 1.807) is 12.1 Å². The van der Waals surface area contributed by atoms with Crippen LogP contribution in [-0.4, -0.2) is 83.6 Å². The normalized spacial score (nSPS) is 36.0. The quantitative estimate of drug-likeness (QED) is 0.0526. The van der Waals surface area contributed by atoms with Crippen molar-refractivity contribution >= 4 is 43.8 Å². The van der Waals surface area contributed by atoms with Crippen molar-refractivity contribution in [3.05, 3.63) is 24.3 Å². The fourth-order valence-electron chi connectivity index (χ4n) is 29.6. The van der Waals surface area contributed by atoms with E-state index in [9.17, 15) is 50.6 Å². The minimum atomic E-state index is -3.85. The van der Waals surface area contributed by atoms with Gasteiger partial charge < -0.3 is 19.7 Å². The number of nitrogens with zero attached hydrogens (tertiary/aromatic N) is 1. The van der Waals surface area contributed by atoms with Gasteiger partial charge in [-0.25, -0.2) is 25.9 Å². The van der Waals surface area contributed by atoms with Crippen LogP contribution in [0.25, 0.3) is 0 Å². The van der Waals surface area contributed by atoms with Crippen molar-refractivity contribution in [3.63, 3.8) is 0 Å². The molecule has 0 spiro atoms. The Hall–Kier alpha value is -3.82. The minimum Gasteiger partial charge on any atom is -0.497 e. The van der Waals surface area contributed by atoms with Gasteiger partial charge in [0.15, 0.2) is 0 Å². The van der Waals surface area contributed by atoms with Crippen LogP contribution >= 0.6 is 0 Å². The average molecular weight is 1790 g/mol. The molecule has 0 saturated heterocycles. The Balaban J connectivity index is 0.000000164. The molecule has 2 amide bonds. The van der Waals surface area contributed by atoms with Crippen LogP contribution < -0.4 is 14.2 Å². The maximum absolute atomic E-state index is 13.8. The molecule has 0 heterocycles. The minimum absolute atomic E-state index is 0.0469. The summed E-state index contributed by atoms with van der Waals surface area (Å²) in [5, 5.41) is 27.8. The number of carbonyl (C=O) groups excluding carboxylic acids is 3. The van der Waals surface area contributed by atoms with Gasteiger partial charge in [0.1, 0.15) is 11.4 Å². The Bertz CT molecular complexity index is 3810. The Morgan fingerprint density at radius 3 is 1.01 bits per heavy atom. The van der Waals surface area contributed by atoms with E-state index < -0.39 is 42.5 Å². The number of amides is 2. The molecule has 14 bridgehead atoms.